The number of carbonyl (C=O) groups excluding carboxylic acids is 1. The third-order valence-corrected chi connectivity index (χ3v) is 3.29. The Morgan fingerprint density at radius 2 is 2.05 bits per heavy atom. The molecule has 22 heavy (non-hydrogen) atoms. The number of benzene rings is 1. The number of rotatable bonds is 3. The quantitative estimate of drug-likeness (QED) is 0.748. The molecule has 0 saturated carbocycles. The van der Waals surface area contributed by atoms with Gasteiger partial charge >= 0.3 is 5.97 Å². The van der Waals surface area contributed by atoms with E-state index in [0.29, 0.717) is 16.8 Å². The fourth-order valence-corrected chi connectivity index (χ4v) is 2.31. The van der Waals surface area contributed by atoms with Gasteiger partial charge in [-0.05, 0) is 13.8 Å². The summed E-state index contributed by atoms with van der Waals surface area (Å²) in [4.78, 5) is 16.0. The number of hydrogen-bond donors (Lipinski definition) is 1. The Kier molecular flexibility index (Phi) is 3.50. The standard InChI is InChI=1S/C16H14N2O4/c1-3-21-16(20)13-14(19)15-11(9(2)17-13)12(18-22-15)10-7-5-4-6-8-10/h4-8,19H,3H2,1-2H3. The van der Waals surface area contributed by atoms with E-state index in [4.69, 9.17) is 9.26 Å². The fourth-order valence-electron chi connectivity index (χ4n) is 2.31. The van der Waals surface area contributed by atoms with Gasteiger partial charge in [0.25, 0.3) is 0 Å². The van der Waals surface area contributed by atoms with Gasteiger partial charge in [-0.1, -0.05) is 35.5 Å². The van der Waals surface area contributed by atoms with Crippen molar-refractivity contribution in [2.45, 2.75) is 13.8 Å². The molecule has 2 heterocycles. The number of hydrogen-bond acceptors (Lipinski definition) is 6. The molecule has 0 spiro atoms. The van der Waals surface area contributed by atoms with Crippen LogP contribution in [0.3, 0.4) is 0 Å². The number of esters is 1. The van der Waals surface area contributed by atoms with Crippen molar-refractivity contribution in [3.63, 3.8) is 0 Å². The first-order valence-corrected chi connectivity index (χ1v) is 6.85. The van der Waals surface area contributed by atoms with Crippen LogP contribution >= 0.6 is 0 Å². The van der Waals surface area contributed by atoms with E-state index < -0.39 is 5.97 Å². The third-order valence-electron chi connectivity index (χ3n) is 3.29. The van der Waals surface area contributed by atoms with Crippen LogP contribution in [0.2, 0.25) is 0 Å². The SMILES string of the molecule is CCOC(=O)c1nc(C)c2c(-c3ccccc3)noc2c1O. The van der Waals surface area contributed by atoms with Crippen LogP contribution in [0.4, 0.5) is 0 Å². The Balaban J connectivity index is 2.22. The summed E-state index contributed by atoms with van der Waals surface area (Å²) in [7, 11) is 0. The molecule has 0 fully saturated rings. The highest BCUT2D eigenvalue weighted by molar-refractivity contribution is 6.02. The van der Waals surface area contributed by atoms with Crippen molar-refractivity contribution in [2.75, 3.05) is 6.61 Å². The molecule has 3 aromatic rings. The highest BCUT2D eigenvalue weighted by Crippen LogP contribution is 2.36. The van der Waals surface area contributed by atoms with E-state index in [1.165, 1.54) is 0 Å². The monoisotopic (exact) mass is 298 g/mol. The largest absolute Gasteiger partial charge is 0.502 e. The van der Waals surface area contributed by atoms with Gasteiger partial charge < -0.3 is 14.4 Å². The second kappa shape index (κ2) is 5.48. The predicted molar refractivity (Wildman–Crippen MR) is 79.6 cm³/mol. The molecule has 6 heteroatoms. The van der Waals surface area contributed by atoms with Crippen LogP contribution in [0, 0.1) is 6.92 Å². The number of carbonyl (C=O) groups is 1. The van der Waals surface area contributed by atoms with E-state index in [2.05, 4.69) is 10.1 Å². The second-order valence-electron chi connectivity index (χ2n) is 4.72. The summed E-state index contributed by atoms with van der Waals surface area (Å²) in [6.45, 7) is 3.61. The van der Waals surface area contributed by atoms with Crippen molar-refractivity contribution in [3.8, 4) is 17.0 Å². The first kappa shape index (κ1) is 14.1. The van der Waals surface area contributed by atoms with E-state index in [-0.39, 0.29) is 23.6 Å². The van der Waals surface area contributed by atoms with Crippen molar-refractivity contribution < 1.29 is 19.2 Å². The van der Waals surface area contributed by atoms with Crippen molar-refractivity contribution in [3.05, 3.63) is 41.7 Å². The van der Waals surface area contributed by atoms with Crippen LogP contribution < -0.4 is 0 Å². The summed E-state index contributed by atoms with van der Waals surface area (Å²) in [5, 5.41) is 14.8. The number of aryl methyl sites for hydroxylation is 1. The van der Waals surface area contributed by atoms with Gasteiger partial charge in [-0.15, -0.1) is 0 Å². The minimum Gasteiger partial charge on any atom is -0.502 e. The maximum Gasteiger partial charge on any atom is 0.360 e. The molecular weight excluding hydrogens is 284 g/mol. The predicted octanol–water partition coefficient (Wildman–Crippen LogP) is 3.08. The van der Waals surface area contributed by atoms with Gasteiger partial charge in [0.15, 0.2) is 11.4 Å². The molecular formula is C16H14N2O4. The van der Waals surface area contributed by atoms with Crippen molar-refractivity contribution in [1.82, 2.24) is 10.1 Å². The number of aromatic nitrogens is 2. The van der Waals surface area contributed by atoms with Crippen LogP contribution in [0.5, 0.6) is 5.75 Å². The normalized spacial score (nSPS) is 10.8. The Hall–Kier alpha value is -2.89. The van der Waals surface area contributed by atoms with E-state index in [1.54, 1.807) is 13.8 Å². The molecule has 2 aromatic heterocycles. The molecule has 0 radical (unpaired) electrons. The molecule has 1 N–H and O–H groups in total. The number of nitrogens with zero attached hydrogens (tertiary/aromatic N) is 2. The van der Waals surface area contributed by atoms with Gasteiger partial charge in [-0.3, -0.25) is 0 Å². The molecule has 0 aliphatic heterocycles. The third kappa shape index (κ3) is 2.18. The van der Waals surface area contributed by atoms with Gasteiger partial charge in [-0.2, -0.15) is 0 Å². The van der Waals surface area contributed by atoms with Gasteiger partial charge in [-0.25, -0.2) is 9.78 Å². The zero-order chi connectivity index (χ0) is 15.7. The average molecular weight is 298 g/mol. The van der Waals surface area contributed by atoms with Gasteiger partial charge in [0.1, 0.15) is 5.69 Å². The van der Waals surface area contributed by atoms with Crippen molar-refractivity contribution >= 4 is 16.9 Å². The highest BCUT2D eigenvalue weighted by Gasteiger charge is 2.24. The first-order chi connectivity index (χ1) is 10.6. The number of aromatic hydroxyl groups is 1. The van der Waals surface area contributed by atoms with Crippen LogP contribution in [-0.4, -0.2) is 27.8 Å². The Labute approximate surface area is 126 Å². The van der Waals surface area contributed by atoms with Crippen molar-refractivity contribution in [2.24, 2.45) is 0 Å². The summed E-state index contributed by atoms with van der Waals surface area (Å²) in [6, 6.07) is 9.42. The molecule has 0 atom stereocenters. The molecule has 112 valence electrons. The summed E-state index contributed by atoms with van der Waals surface area (Å²) in [5.74, 6) is -1.05. The van der Waals surface area contributed by atoms with E-state index in [1.807, 2.05) is 30.3 Å². The maximum atomic E-state index is 11.8. The molecule has 1 aromatic carbocycles. The zero-order valence-electron chi connectivity index (χ0n) is 12.2. The molecule has 0 saturated heterocycles. The molecule has 0 unspecified atom stereocenters. The summed E-state index contributed by atoms with van der Waals surface area (Å²) >= 11 is 0. The first-order valence-electron chi connectivity index (χ1n) is 6.85. The smallest absolute Gasteiger partial charge is 0.360 e. The lowest BCUT2D eigenvalue weighted by Crippen LogP contribution is -2.08. The van der Waals surface area contributed by atoms with Gasteiger partial charge in [0.05, 0.1) is 17.7 Å². The lowest BCUT2D eigenvalue weighted by molar-refractivity contribution is 0.0515. The molecule has 0 aliphatic rings. The maximum absolute atomic E-state index is 11.8. The molecule has 0 amide bonds. The lowest BCUT2D eigenvalue weighted by atomic mass is 10.1. The number of fused-ring (bicyclic) bond motifs is 1. The number of ether oxygens (including phenoxy) is 1. The van der Waals surface area contributed by atoms with Crippen molar-refractivity contribution in [1.29, 1.82) is 0 Å². The highest BCUT2D eigenvalue weighted by atomic mass is 16.5. The van der Waals surface area contributed by atoms with Crippen LogP contribution in [-0.2, 0) is 4.74 Å². The molecule has 3 rings (SSSR count). The Morgan fingerprint density at radius 3 is 2.73 bits per heavy atom. The minimum absolute atomic E-state index is 0.134. The van der Waals surface area contributed by atoms with E-state index >= 15 is 0 Å². The second-order valence-corrected chi connectivity index (χ2v) is 4.72. The fraction of sp³-hybridized carbons (Fsp3) is 0.188. The van der Waals surface area contributed by atoms with Gasteiger partial charge in [0, 0.05) is 5.56 Å². The van der Waals surface area contributed by atoms with Crippen LogP contribution in [0.25, 0.3) is 22.2 Å². The Morgan fingerprint density at radius 1 is 1.32 bits per heavy atom. The lowest BCUT2D eigenvalue weighted by Gasteiger charge is -2.05. The number of pyridine rings is 1. The van der Waals surface area contributed by atoms with E-state index in [9.17, 15) is 9.90 Å². The molecule has 0 aliphatic carbocycles. The summed E-state index contributed by atoms with van der Waals surface area (Å²) in [5.41, 5.74) is 1.92. The van der Waals surface area contributed by atoms with Crippen LogP contribution in [0.1, 0.15) is 23.1 Å². The molecule has 0 bridgehead atoms. The van der Waals surface area contributed by atoms with Crippen LogP contribution in [0.15, 0.2) is 34.9 Å². The summed E-state index contributed by atoms with van der Waals surface area (Å²) < 4.78 is 10.1. The topological polar surface area (TPSA) is 85.5 Å². The minimum atomic E-state index is -0.692. The zero-order valence-corrected chi connectivity index (χ0v) is 12.2. The summed E-state index contributed by atoms with van der Waals surface area (Å²) in [6.07, 6.45) is 0. The molecule has 6 nitrogen and oxygen atoms in total. The Bertz CT molecular complexity index is 840. The van der Waals surface area contributed by atoms with E-state index in [0.717, 1.165) is 5.56 Å². The van der Waals surface area contributed by atoms with Gasteiger partial charge in [0.2, 0.25) is 5.58 Å². The average Bonchev–Trinajstić information content (AvgIpc) is 2.98.